The van der Waals surface area contributed by atoms with E-state index in [9.17, 15) is 9.59 Å². The summed E-state index contributed by atoms with van der Waals surface area (Å²) in [7, 11) is 1.53. The van der Waals surface area contributed by atoms with E-state index in [1.54, 1.807) is 12.1 Å². The van der Waals surface area contributed by atoms with Crippen molar-refractivity contribution in [2.75, 3.05) is 25.6 Å². The summed E-state index contributed by atoms with van der Waals surface area (Å²) in [6.45, 7) is 0.765. The lowest BCUT2D eigenvalue weighted by Gasteiger charge is -2.08. The number of carbonyl (C=O) groups excluding carboxylic acids is 2. The first kappa shape index (κ1) is 15.8. The van der Waals surface area contributed by atoms with Crippen molar-refractivity contribution in [3.05, 3.63) is 28.2 Å². The topological polar surface area (TPSA) is 67.4 Å². The van der Waals surface area contributed by atoms with Gasteiger partial charge in [0, 0.05) is 18.7 Å². The number of nitrogens with one attached hydrogen (secondary N) is 2. The van der Waals surface area contributed by atoms with E-state index in [4.69, 9.17) is 27.9 Å². The van der Waals surface area contributed by atoms with Crippen LogP contribution < -0.4 is 10.6 Å². The SMILES string of the molecule is COCCNC(=O)CC(=O)Nc1ccc(Cl)cc1Cl. The van der Waals surface area contributed by atoms with Crippen LogP contribution in [0.4, 0.5) is 5.69 Å². The van der Waals surface area contributed by atoms with Gasteiger partial charge in [0.15, 0.2) is 0 Å². The number of anilines is 1. The molecule has 0 aliphatic heterocycles. The van der Waals surface area contributed by atoms with Gasteiger partial charge in [-0.1, -0.05) is 23.2 Å². The molecule has 0 atom stereocenters. The molecule has 0 saturated carbocycles. The van der Waals surface area contributed by atoms with E-state index in [2.05, 4.69) is 10.6 Å². The van der Waals surface area contributed by atoms with Crippen LogP contribution in [0.15, 0.2) is 18.2 Å². The number of benzene rings is 1. The molecule has 0 saturated heterocycles. The average molecular weight is 305 g/mol. The smallest absolute Gasteiger partial charge is 0.233 e. The number of amides is 2. The molecule has 0 aliphatic rings. The Hall–Kier alpha value is -1.30. The Morgan fingerprint density at radius 1 is 1.26 bits per heavy atom. The van der Waals surface area contributed by atoms with Crippen LogP contribution in [-0.4, -0.2) is 32.1 Å². The van der Waals surface area contributed by atoms with E-state index >= 15 is 0 Å². The monoisotopic (exact) mass is 304 g/mol. The van der Waals surface area contributed by atoms with Crippen LogP contribution in [0.1, 0.15) is 6.42 Å². The lowest BCUT2D eigenvalue weighted by Crippen LogP contribution is -2.30. The van der Waals surface area contributed by atoms with Crippen molar-refractivity contribution in [2.45, 2.75) is 6.42 Å². The molecular formula is C12H14Cl2N2O3. The van der Waals surface area contributed by atoms with Crippen LogP contribution in [-0.2, 0) is 14.3 Å². The minimum Gasteiger partial charge on any atom is -0.383 e. The Morgan fingerprint density at radius 3 is 2.63 bits per heavy atom. The molecular weight excluding hydrogens is 291 g/mol. The molecule has 0 unspecified atom stereocenters. The van der Waals surface area contributed by atoms with E-state index in [-0.39, 0.29) is 12.3 Å². The molecule has 0 aliphatic carbocycles. The molecule has 1 rings (SSSR count). The number of carbonyl (C=O) groups is 2. The molecule has 2 amide bonds. The van der Waals surface area contributed by atoms with Crippen LogP contribution >= 0.6 is 23.2 Å². The van der Waals surface area contributed by atoms with Crippen molar-refractivity contribution in [1.82, 2.24) is 5.32 Å². The summed E-state index contributed by atoms with van der Waals surface area (Å²) >= 11 is 11.6. The fourth-order valence-corrected chi connectivity index (χ4v) is 1.74. The molecule has 1 aromatic rings. The first-order chi connectivity index (χ1) is 9.02. The third kappa shape index (κ3) is 5.92. The van der Waals surface area contributed by atoms with Gasteiger partial charge in [0.2, 0.25) is 11.8 Å². The van der Waals surface area contributed by atoms with Gasteiger partial charge in [-0.3, -0.25) is 9.59 Å². The molecule has 0 aromatic heterocycles. The Balaban J connectivity index is 2.44. The van der Waals surface area contributed by atoms with Crippen molar-refractivity contribution in [2.24, 2.45) is 0 Å². The third-order valence-electron chi connectivity index (χ3n) is 2.15. The van der Waals surface area contributed by atoms with Gasteiger partial charge in [-0.15, -0.1) is 0 Å². The molecule has 0 bridgehead atoms. The number of rotatable bonds is 6. The molecule has 1 aromatic carbocycles. The van der Waals surface area contributed by atoms with Gasteiger partial charge in [0.25, 0.3) is 0 Å². The summed E-state index contributed by atoms with van der Waals surface area (Å²) in [5, 5.41) is 5.87. The highest BCUT2D eigenvalue weighted by Gasteiger charge is 2.11. The Kier molecular flexibility index (Phi) is 6.62. The van der Waals surface area contributed by atoms with E-state index in [1.807, 2.05) is 0 Å². The number of hydrogen-bond donors (Lipinski definition) is 2. The lowest BCUT2D eigenvalue weighted by molar-refractivity contribution is -0.126. The molecule has 0 heterocycles. The maximum absolute atomic E-state index is 11.6. The second kappa shape index (κ2) is 7.99. The zero-order valence-corrected chi connectivity index (χ0v) is 11.8. The maximum atomic E-state index is 11.6. The van der Waals surface area contributed by atoms with Crippen LogP contribution in [0.3, 0.4) is 0 Å². The highest BCUT2D eigenvalue weighted by Crippen LogP contribution is 2.25. The van der Waals surface area contributed by atoms with Crippen molar-refractivity contribution < 1.29 is 14.3 Å². The van der Waals surface area contributed by atoms with Gasteiger partial charge in [0.1, 0.15) is 6.42 Å². The zero-order chi connectivity index (χ0) is 14.3. The number of ether oxygens (including phenoxy) is 1. The maximum Gasteiger partial charge on any atom is 0.233 e. The summed E-state index contributed by atoms with van der Waals surface area (Å²) in [5.74, 6) is -0.821. The summed E-state index contributed by atoms with van der Waals surface area (Å²) in [4.78, 5) is 23.0. The third-order valence-corrected chi connectivity index (χ3v) is 2.70. The van der Waals surface area contributed by atoms with Crippen LogP contribution in [0.2, 0.25) is 10.0 Å². The van der Waals surface area contributed by atoms with E-state index in [1.165, 1.54) is 13.2 Å². The van der Waals surface area contributed by atoms with E-state index < -0.39 is 5.91 Å². The van der Waals surface area contributed by atoms with Crippen molar-refractivity contribution >= 4 is 40.7 Å². The summed E-state index contributed by atoms with van der Waals surface area (Å²) < 4.78 is 4.77. The fraction of sp³-hybridized carbons (Fsp3) is 0.333. The molecule has 0 radical (unpaired) electrons. The summed E-state index contributed by atoms with van der Waals surface area (Å²) in [6.07, 6.45) is -0.275. The number of halogens is 2. The Labute approximate surface area is 121 Å². The van der Waals surface area contributed by atoms with Crippen molar-refractivity contribution in [3.8, 4) is 0 Å². The van der Waals surface area contributed by atoms with Crippen LogP contribution in [0.25, 0.3) is 0 Å². The standard InChI is InChI=1S/C12H14Cl2N2O3/c1-19-5-4-15-11(17)7-12(18)16-10-3-2-8(13)6-9(10)14/h2-3,6H,4-5,7H2,1H3,(H,15,17)(H,16,18). The second-order valence-corrected chi connectivity index (χ2v) is 4.54. The largest absolute Gasteiger partial charge is 0.383 e. The van der Waals surface area contributed by atoms with Crippen molar-refractivity contribution in [1.29, 1.82) is 0 Å². The normalized spacial score (nSPS) is 10.1. The predicted octanol–water partition coefficient (Wildman–Crippen LogP) is 2.08. The highest BCUT2D eigenvalue weighted by atomic mass is 35.5. The van der Waals surface area contributed by atoms with Crippen LogP contribution in [0.5, 0.6) is 0 Å². The summed E-state index contributed by atoms with van der Waals surface area (Å²) in [6, 6.07) is 4.69. The van der Waals surface area contributed by atoms with Gasteiger partial charge in [-0.2, -0.15) is 0 Å². The molecule has 19 heavy (non-hydrogen) atoms. The van der Waals surface area contributed by atoms with E-state index in [0.717, 1.165) is 0 Å². The molecule has 0 spiro atoms. The lowest BCUT2D eigenvalue weighted by atomic mass is 10.3. The van der Waals surface area contributed by atoms with Gasteiger partial charge in [0.05, 0.1) is 17.3 Å². The molecule has 2 N–H and O–H groups in total. The quantitative estimate of drug-likeness (QED) is 0.624. The molecule has 104 valence electrons. The predicted molar refractivity (Wildman–Crippen MR) is 74.6 cm³/mol. The minimum absolute atomic E-state index is 0.275. The number of hydrogen-bond acceptors (Lipinski definition) is 3. The van der Waals surface area contributed by atoms with Gasteiger partial charge in [-0.25, -0.2) is 0 Å². The molecule has 5 nitrogen and oxygen atoms in total. The molecule has 7 heteroatoms. The average Bonchev–Trinajstić information content (AvgIpc) is 2.33. The molecule has 0 fully saturated rings. The summed E-state index contributed by atoms with van der Waals surface area (Å²) in [5.41, 5.74) is 0.417. The second-order valence-electron chi connectivity index (χ2n) is 3.69. The van der Waals surface area contributed by atoms with Gasteiger partial charge >= 0.3 is 0 Å². The Morgan fingerprint density at radius 2 is 2.00 bits per heavy atom. The first-order valence-electron chi connectivity index (χ1n) is 5.53. The number of methoxy groups -OCH3 is 1. The highest BCUT2D eigenvalue weighted by molar-refractivity contribution is 6.36. The minimum atomic E-state index is -0.445. The Bertz CT molecular complexity index is 466. The van der Waals surface area contributed by atoms with Gasteiger partial charge in [-0.05, 0) is 18.2 Å². The van der Waals surface area contributed by atoms with Gasteiger partial charge < -0.3 is 15.4 Å². The fourth-order valence-electron chi connectivity index (χ4n) is 1.29. The zero-order valence-electron chi connectivity index (χ0n) is 10.3. The van der Waals surface area contributed by atoms with Crippen LogP contribution in [0, 0.1) is 0 Å². The van der Waals surface area contributed by atoms with Crippen molar-refractivity contribution in [3.63, 3.8) is 0 Å². The van der Waals surface area contributed by atoms with E-state index in [0.29, 0.717) is 28.9 Å². The first-order valence-corrected chi connectivity index (χ1v) is 6.29.